The highest BCUT2D eigenvalue weighted by atomic mass is 16.6. The van der Waals surface area contributed by atoms with Crippen molar-refractivity contribution in [2.45, 2.75) is 13.5 Å². The summed E-state index contributed by atoms with van der Waals surface area (Å²) in [7, 11) is 0. The Morgan fingerprint density at radius 1 is 1.80 bits per heavy atom. The van der Waals surface area contributed by atoms with E-state index < -0.39 is 10.9 Å². The maximum absolute atomic E-state index is 10.4. The first-order valence-corrected chi connectivity index (χ1v) is 4.08. The van der Waals surface area contributed by atoms with E-state index in [9.17, 15) is 14.9 Å². The van der Waals surface area contributed by atoms with Gasteiger partial charge in [0.15, 0.2) is 0 Å². The lowest BCUT2D eigenvalue weighted by Gasteiger charge is -1.87. The number of hydrogen-bond acceptors (Lipinski definition) is 4. The molecule has 0 aliphatic rings. The van der Waals surface area contributed by atoms with Crippen LogP contribution in [0.3, 0.4) is 0 Å². The molecule has 0 radical (unpaired) electrons. The van der Waals surface area contributed by atoms with Crippen molar-refractivity contribution in [2.75, 3.05) is 0 Å². The van der Waals surface area contributed by atoms with Crippen LogP contribution in [-0.2, 0) is 11.3 Å². The van der Waals surface area contributed by atoms with Gasteiger partial charge in [0.25, 0.3) is 0 Å². The molecule has 7 heteroatoms. The highest BCUT2D eigenvalue weighted by Crippen LogP contribution is 2.13. The van der Waals surface area contributed by atoms with E-state index in [2.05, 4.69) is 5.10 Å². The zero-order valence-corrected chi connectivity index (χ0v) is 7.95. The van der Waals surface area contributed by atoms with E-state index in [0.717, 1.165) is 6.08 Å². The maximum atomic E-state index is 10.4. The minimum absolute atomic E-state index is 0.195. The summed E-state index contributed by atoms with van der Waals surface area (Å²) in [6.45, 7) is 1.77. The second-order valence-corrected chi connectivity index (χ2v) is 2.86. The molecule has 1 N–H and O–H groups in total. The van der Waals surface area contributed by atoms with Crippen LogP contribution in [0.15, 0.2) is 18.3 Å². The molecule has 1 aromatic heterocycles. The van der Waals surface area contributed by atoms with Gasteiger partial charge in [-0.1, -0.05) is 6.08 Å². The monoisotopic (exact) mass is 211 g/mol. The van der Waals surface area contributed by atoms with Gasteiger partial charge in [0.2, 0.25) is 0 Å². The third-order valence-corrected chi connectivity index (χ3v) is 1.64. The van der Waals surface area contributed by atoms with E-state index in [0.29, 0.717) is 5.56 Å². The molecule has 0 atom stereocenters. The van der Waals surface area contributed by atoms with E-state index in [1.54, 1.807) is 6.92 Å². The third kappa shape index (κ3) is 2.90. The highest BCUT2D eigenvalue weighted by molar-refractivity contribution is 5.79. The van der Waals surface area contributed by atoms with Gasteiger partial charge in [-0.3, -0.25) is 0 Å². The summed E-state index contributed by atoms with van der Waals surface area (Å²) in [6.07, 6.45) is 3.81. The Kier molecular flexibility index (Phi) is 3.17. The van der Waals surface area contributed by atoms with Crippen LogP contribution in [0.2, 0.25) is 0 Å². The summed E-state index contributed by atoms with van der Waals surface area (Å²) in [6, 6.07) is 0. The van der Waals surface area contributed by atoms with E-state index >= 15 is 0 Å². The predicted molar refractivity (Wildman–Crippen MR) is 50.4 cm³/mol. The van der Waals surface area contributed by atoms with E-state index in [4.69, 9.17) is 5.11 Å². The topological polar surface area (TPSA) is 98.3 Å². The molecular formula is C8H9N3O4. The third-order valence-electron chi connectivity index (χ3n) is 1.64. The lowest BCUT2D eigenvalue weighted by atomic mass is 10.4. The first-order chi connectivity index (χ1) is 7.00. The second kappa shape index (κ2) is 4.36. The Bertz CT molecular complexity index is 422. The number of allylic oxidation sites excluding steroid dienone is 1. The molecule has 80 valence electrons. The van der Waals surface area contributed by atoms with Gasteiger partial charge >= 0.3 is 11.8 Å². The largest absolute Gasteiger partial charge is 0.478 e. The summed E-state index contributed by atoms with van der Waals surface area (Å²) < 4.78 is 1.31. The Labute approximate surface area is 84.8 Å². The van der Waals surface area contributed by atoms with Gasteiger partial charge in [0.05, 0.1) is 23.4 Å². The number of carboxylic acids is 1. The number of aromatic nitrogens is 2. The lowest BCUT2D eigenvalue weighted by molar-refractivity contribution is -0.390. The minimum atomic E-state index is -1.06. The molecule has 1 heterocycles. The van der Waals surface area contributed by atoms with E-state index in [-0.39, 0.29) is 12.4 Å². The van der Waals surface area contributed by atoms with Crippen LogP contribution in [-0.4, -0.2) is 25.8 Å². The highest BCUT2D eigenvalue weighted by Gasteiger charge is 2.15. The summed E-state index contributed by atoms with van der Waals surface area (Å²) in [5, 5.41) is 22.4. The Balaban J connectivity index is 2.76. The summed E-state index contributed by atoms with van der Waals surface area (Å²) in [5.41, 5.74) is 0.448. The van der Waals surface area contributed by atoms with Crippen LogP contribution in [0.5, 0.6) is 0 Å². The molecule has 0 spiro atoms. The van der Waals surface area contributed by atoms with Crippen molar-refractivity contribution in [1.82, 2.24) is 9.78 Å². The Morgan fingerprint density at radius 2 is 2.47 bits per heavy atom. The summed E-state index contributed by atoms with van der Waals surface area (Å²) >= 11 is 0. The van der Waals surface area contributed by atoms with Gasteiger partial charge in [-0.2, -0.15) is 4.68 Å². The molecule has 0 saturated carbocycles. The van der Waals surface area contributed by atoms with Gasteiger partial charge in [-0.15, -0.1) is 0 Å². The number of carbonyl (C=O) groups is 1. The summed E-state index contributed by atoms with van der Waals surface area (Å²) in [4.78, 5) is 20.0. The van der Waals surface area contributed by atoms with Crippen LogP contribution >= 0.6 is 0 Å². The molecule has 0 aliphatic heterocycles. The number of aryl methyl sites for hydroxylation is 1. The molecule has 0 saturated heterocycles. The molecule has 15 heavy (non-hydrogen) atoms. The van der Waals surface area contributed by atoms with Crippen molar-refractivity contribution in [3.63, 3.8) is 0 Å². The van der Waals surface area contributed by atoms with Crippen molar-refractivity contribution < 1.29 is 14.8 Å². The van der Waals surface area contributed by atoms with Crippen molar-refractivity contribution >= 4 is 11.8 Å². The first kappa shape index (κ1) is 10.9. The van der Waals surface area contributed by atoms with Crippen molar-refractivity contribution in [1.29, 1.82) is 0 Å². The fourth-order valence-electron chi connectivity index (χ4n) is 1.05. The molecule has 1 rings (SSSR count). The van der Waals surface area contributed by atoms with Crippen LogP contribution in [0.25, 0.3) is 0 Å². The molecule has 0 unspecified atom stereocenters. The number of hydrogen-bond donors (Lipinski definition) is 1. The number of carboxylic acid groups (broad SMARTS) is 1. The van der Waals surface area contributed by atoms with Gasteiger partial charge in [0.1, 0.15) is 0 Å². The minimum Gasteiger partial charge on any atom is -0.478 e. The van der Waals surface area contributed by atoms with E-state index in [1.165, 1.54) is 17.0 Å². The van der Waals surface area contributed by atoms with Crippen LogP contribution in [0, 0.1) is 17.0 Å². The normalized spacial score (nSPS) is 10.7. The van der Waals surface area contributed by atoms with Crippen LogP contribution in [0.4, 0.5) is 5.82 Å². The van der Waals surface area contributed by atoms with Gasteiger partial charge in [0, 0.05) is 6.08 Å². The van der Waals surface area contributed by atoms with Gasteiger partial charge in [-0.25, -0.2) is 4.79 Å². The quantitative estimate of drug-likeness (QED) is 0.450. The molecule has 1 aromatic rings. The number of nitro groups is 1. The number of nitrogens with zero attached hydrogens (tertiary/aromatic N) is 3. The van der Waals surface area contributed by atoms with Crippen molar-refractivity contribution in [3.8, 4) is 0 Å². The van der Waals surface area contributed by atoms with Crippen LogP contribution in [0.1, 0.15) is 5.56 Å². The molecule has 0 fully saturated rings. The average Bonchev–Trinajstić information content (AvgIpc) is 2.46. The van der Waals surface area contributed by atoms with Crippen molar-refractivity contribution in [3.05, 3.63) is 34.0 Å². The van der Waals surface area contributed by atoms with Gasteiger partial charge < -0.3 is 15.2 Å². The number of rotatable bonds is 4. The Morgan fingerprint density at radius 3 is 2.93 bits per heavy atom. The second-order valence-electron chi connectivity index (χ2n) is 2.86. The van der Waals surface area contributed by atoms with Crippen molar-refractivity contribution in [2.24, 2.45) is 0 Å². The van der Waals surface area contributed by atoms with Gasteiger partial charge in [-0.05, 0) is 11.8 Å². The first-order valence-electron chi connectivity index (χ1n) is 4.08. The lowest BCUT2D eigenvalue weighted by Crippen LogP contribution is -1.98. The smallest absolute Gasteiger partial charge is 0.392 e. The molecule has 0 amide bonds. The standard InChI is InChI=1S/C8H9N3O4/c1-6-5-10(4-2-3-7(12)13)9-8(6)11(14)15/h2-3,5H,4H2,1H3,(H,12,13)/b3-2+. The average molecular weight is 211 g/mol. The molecular weight excluding hydrogens is 202 g/mol. The fraction of sp³-hybridized carbons (Fsp3) is 0.250. The molecule has 7 nitrogen and oxygen atoms in total. The zero-order valence-electron chi connectivity index (χ0n) is 7.95. The summed E-state index contributed by atoms with van der Waals surface area (Å²) in [5.74, 6) is -1.27. The fourth-order valence-corrected chi connectivity index (χ4v) is 1.05. The molecule has 0 aliphatic carbocycles. The maximum Gasteiger partial charge on any atom is 0.392 e. The Hall–Kier alpha value is -2.18. The zero-order chi connectivity index (χ0) is 11.4. The predicted octanol–water partition coefficient (Wildman–Crippen LogP) is 0.741. The molecule has 0 aromatic carbocycles. The van der Waals surface area contributed by atoms with E-state index in [1.807, 2.05) is 0 Å². The SMILES string of the molecule is Cc1cn(C/C=C/C(=O)O)nc1[N+](=O)[O-]. The molecule has 0 bridgehead atoms. The van der Waals surface area contributed by atoms with Crippen LogP contribution < -0.4 is 0 Å². The number of aliphatic carboxylic acids is 1.